The molecule has 1 N–H and O–H groups in total. The Balaban J connectivity index is 2.05. The maximum Gasteiger partial charge on any atom is 0.226 e. The molecule has 0 spiro atoms. The maximum absolute atomic E-state index is 12.6. The van der Waals surface area contributed by atoms with Gasteiger partial charge in [0, 0.05) is 26.2 Å². The van der Waals surface area contributed by atoms with Crippen LogP contribution < -0.4 is 4.74 Å². The van der Waals surface area contributed by atoms with Crippen molar-refractivity contribution in [2.45, 2.75) is 33.2 Å². The van der Waals surface area contributed by atoms with E-state index in [2.05, 4.69) is 20.8 Å². The number of phenols is 1. The third-order valence-corrected chi connectivity index (χ3v) is 5.25. The highest BCUT2D eigenvalue weighted by Gasteiger charge is 2.28. The third kappa shape index (κ3) is 4.42. The molecule has 1 aromatic carbocycles. The van der Waals surface area contributed by atoms with Crippen LogP contribution >= 0.6 is 15.9 Å². The molecule has 1 saturated heterocycles. The van der Waals surface area contributed by atoms with Gasteiger partial charge in [-0.25, -0.2) is 0 Å². The van der Waals surface area contributed by atoms with Crippen molar-refractivity contribution in [1.29, 1.82) is 0 Å². The Labute approximate surface area is 152 Å². The number of amides is 1. The highest BCUT2D eigenvalue weighted by molar-refractivity contribution is 9.10. The molecular formula is C18H27BrN2O3. The predicted molar refractivity (Wildman–Crippen MR) is 98.3 cm³/mol. The lowest BCUT2D eigenvalue weighted by atomic mass is 9.96. The Morgan fingerprint density at radius 1 is 1.42 bits per heavy atom. The number of phenolic OH excluding ortho intramolecular Hbond substituents is 1. The number of piperidine rings is 1. The van der Waals surface area contributed by atoms with Crippen molar-refractivity contribution in [2.24, 2.45) is 5.92 Å². The lowest BCUT2D eigenvalue weighted by Crippen LogP contribution is -2.44. The number of benzene rings is 1. The van der Waals surface area contributed by atoms with Gasteiger partial charge in [-0.3, -0.25) is 9.69 Å². The first-order valence-corrected chi connectivity index (χ1v) is 9.35. The van der Waals surface area contributed by atoms with E-state index in [0.29, 0.717) is 10.2 Å². The van der Waals surface area contributed by atoms with Crippen LogP contribution in [0.4, 0.5) is 0 Å². The van der Waals surface area contributed by atoms with E-state index >= 15 is 0 Å². The molecule has 1 fully saturated rings. The molecule has 1 amide bonds. The van der Waals surface area contributed by atoms with Crippen molar-refractivity contribution in [3.05, 3.63) is 22.2 Å². The lowest BCUT2D eigenvalue weighted by Gasteiger charge is -2.34. The standard InChI is InChI=1S/C18H27BrN2O3/c1-4-21(5-2)18(23)14-7-6-8-20(12-14)11-13-9-15(19)17(22)16(10-13)24-3/h9-10,14,22H,4-8,11-12H2,1-3H3/t14-/m1/s1. The molecule has 24 heavy (non-hydrogen) atoms. The maximum atomic E-state index is 12.6. The highest BCUT2D eigenvalue weighted by Crippen LogP contribution is 2.35. The molecule has 2 rings (SSSR count). The van der Waals surface area contributed by atoms with Gasteiger partial charge in [0.2, 0.25) is 5.91 Å². The zero-order chi connectivity index (χ0) is 17.7. The van der Waals surface area contributed by atoms with Crippen LogP contribution in [-0.4, -0.2) is 54.1 Å². The van der Waals surface area contributed by atoms with Gasteiger partial charge >= 0.3 is 0 Å². The second-order valence-corrected chi connectivity index (χ2v) is 7.07. The molecular weight excluding hydrogens is 372 g/mol. The fraction of sp³-hybridized carbons (Fsp3) is 0.611. The minimum atomic E-state index is 0.0844. The minimum absolute atomic E-state index is 0.0844. The van der Waals surface area contributed by atoms with Crippen molar-refractivity contribution >= 4 is 21.8 Å². The molecule has 0 radical (unpaired) electrons. The Hall–Kier alpha value is -1.27. The van der Waals surface area contributed by atoms with E-state index in [1.54, 1.807) is 7.11 Å². The molecule has 0 bridgehead atoms. The molecule has 6 heteroatoms. The van der Waals surface area contributed by atoms with Crippen LogP contribution in [0, 0.1) is 5.92 Å². The average molecular weight is 399 g/mol. The fourth-order valence-corrected chi connectivity index (χ4v) is 3.82. The van der Waals surface area contributed by atoms with E-state index in [0.717, 1.165) is 51.1 Å². The quantitative estimate of drug-likeness (QED) is 0.798. The van der Waals surface area contributed by atoms with Crippen molar-refractivity contribution in [2.75, 3.05) is 33.3 Å². The summed E-state index contributed by atoms with van der Waals surface area (Å²) in [6, 6.07) is 3.77. The smallest absolute Gasteiger partial charge is 0.226 e. The van der Waals surface area contributed by atoms with Gasteiger partial charge in [0.15, 0.2) is 11.5 Å². The first-order chi connectivity index (χ1) is 11.5. The van der Waals surface area contributed by atoms with Gasteiger partial charge in [-0.15, -0.1) is 0 Å². The topological polar surface area (TPSA) is 53.0 Å². The van der Waals surface area contributed by atoms with E-state index in [1.165, 1.54) is 0 Å². The summed E-state index contributed by atoms with van der Waals surface area (Å²) < 4.78 is 5.85. The summed E-state index contributed by atoms with van der Waals surface area (Å²) in [6.45, 7) is 8.13. The molecule has 0 saturated carbocycles. The molecule has 0 aliphatic carbocycles. The van der Waals surface area contributed by atoms with Gasteiger partial charge in [0.05, 0.1) is 17.5 Å². The van der Waals surface area contributed by atoms with Crippen LogP contribution in [-0.2, 0) is 11.3 Å². The van der Waals surface area contributed by atoms with E-state index in [9.17, 15) is 9.90 Å². The van der Waals surface area contributed by atoms with Gasteiger partial charge in [0.1, 0.15) is 0 Å². The van der Waals surface area contributed by atoms with Crippen molar-refractivity contribution < 1.29 is 14.6 Å². The monoisotopic (exact) mass is 398 g/mol. The van der Waals surface area contributed by atoms with Gasteiger partial charge < -0.3 is 14.7 Å². The summed E-state index contributed by atoms with van der Waals surface area (Å²) in [5.41, 5.74) is 1.06. The number of nitrogens with zero attached hydrogens (tertiary/aromatic N) is 2. The minimum Gasteiger partial charge on any atom is -0.503 e. The molecule has 1 aromatic rings. The third-order valence-electron chi connectivity index (χ3n) is 4.64. The van der Waals surface area contributed by atoms with E-state index in [-0.39, 0.29) is 17.6 Å². The summed E-state index contributed by atoms with van der Waals surface area (Å²) in [4.78, 5) is 16.8. The molecule has 5 nitrogen and oxygen atoms in total. The normalized spacial score (nSPS) is 18.4. The number of ether oxygens (including phenoxy) is 1. The molecule has 134 valence electrons. The summed E-state index contributed by atoms with van der Waals surface area (Å²) in [5, 5.41) is 9.92. The molecule has 1 atom stereocenters. The van der Waals surface area contributed by atoms with E-state index < -0.39 is 0 Å². The summed E-state index contributed by atoms with van der Waals surface area (Å²) in [7, 11) is 1.55. The Bertz CT molecular complexity index is 576. The van der Waals surface area contributed by atoms with Crippen LogP contribution in [0.3, 0.4) is 0 Å². The molecule has 1 aliphatic heterocycles. The Kier molecular flexibility index (Phi) is 6.92. The predicted octanol–water partition coefficient (Wildman–Crippen LogP) is 3.24. The van der Waals surface area contributed by atoms with Gasteiger partial charge in [-0.2, -0.15) is 0 Å². The number of hydrogen-bond donors (Lipinski definition) is 1. The second kappa shape index (κ2) is 8.72. The number of methoxy groups -OCH3 is 1. The van der Waals surface area contributed by atoms with Gasteiger partial charge in [0.25, 0.3) is 0 Å². The molecule has 1 aliphatic rings. The number of likely N-dealkylation sites (tertiary alicyclic amines) is 1. The first-order valence-electron chi connectivity index (χ1n) is 8.56. The summed E-state index contributed by atoms with van der Waals surface area (Å²) in [6.07, 6.45) is 2.00. The van der Waals surface area contributed by atoms with Gasteiger partial charge in [-0.05, 0) is 66.9 Å². The average Bonchev–Trinajstić information content (AvgIpc) is 2.59. The number of carbonyl (C=O) groups excluding carboxylic acids is 1. The van der Waals surface area contributed by atoms with Crippen molar-refractivity contribution in [1.82, 2.24) is 9.80 Å². The number of carbonyl (C=O) groups is 1. The SMILES string of the molecule is CCN(CC)C(=O)[C@@H]1CCCN(Cc2cc(Br)c(O)c(OC)c2)C1. The van der Waals surface area contributed by atoms with Crippen LogP contribution in [0.2, 0.25) is 0 Å². The molecule has 0 aromatic heterocycles. The van der Waals surface area contributed by atoms with E-state index in [1.807, 2.05) is 30.9 Å². The van der Waals surface area contributed by atoms with Crippen LogP contribution in [0.25, 0.3) is 0 Å². The van der Waals surface area contributed by atoms with Crippen molar-refractivity contribution in [3.8, 4) is 11.5 Å². The second-order valence-electron chi connectivity index (χ2n) is 6.21. The number of hydrogen-bond acceptors (Lipinski definition) is 4. The lowest BCUT2D eigenvalue weighted by molar-refractivity contribution is -0.137. The van der Waals surface area contributed by atoms with Gasteiger partial charge in [-0.1, -0.05) is 0 Å². The Morgan fingerprint density at radius 2 is 2.12 bits per heavy atom. The van der Waals surface area contributed by atoms with Crippen LogP contribution in [0.1, 0.15) is 32.3 Å². The fourth-order valence-electron chi connectivity index (χ4n) is 3.33. The molecule has 0 unspecified atom stereocenters. The summed E-state index contributed by atoms with van der Waals surface area (Å²) >= 11 is 3.37. The van der Waals surface area contributed by atoms with Crippen LogP contribution in [0.15, 0.2) is 16.6 Å². The zero-order valence-electron chi connectivity index (χ0n) is 14.7. The number of halogens is 1. The largest absolute Gasteiger partial charge is 0.503 e. The Morgan fingerprint density at radius 3 is 2.75 bits per heavy atom. The molecule has 1 heterocycles. The number of aromatic hydroxyl groups is 1. The number of rotatable bonds is 6. The van der Waals surface area contributed by atoms with E-state index in [4.69, 9.17) is 4.74 Å². The summed E-state index contributed by atoms with van der Waals surface area (Å²) in [5.74, 6) is 0.942. The van der Waals surface area contributed by atoms with Crippen LogP contribution in [0.5, 0.6) is 11.5 Å². The first kappa shape index (κ1) is 19.1. The highest BCUT2D eigenvalue weighted by atomic mass is 79.9. The zero-order valence-corrected chi connectivity index (χ0v) is 16.3. The van der Waals surface area contributed by atoms with Crippen molar-refractivity contribution in [3.63, 3.8) is 0 Å².